The van der Waals surface area contributed by atoms with E-state index in [1.807, 2.05) is 0 Å². The van der Waals surface area contributed by atoms with Gasteiger partial charge in [-0.25, -0.2) is 4.39 Å². The average Bonchev–Trinajstić information content (AvgIpc) is 2.20. The fourth-order valence-electron chi connectivity index (χ4n) is 1.43. The number of hydrogen-bond acceptors (Lipinski definition) is 1. The van der Waals surface area contributed by atoms with Crippen molar-refractivity contribution in [3.05, 3.63) is 64.3 Å². The van der Waals surface area contributed by atoms with Crippen LogP contribution in [0.25, 0.3) is 5.69 Å². The van der Waals surface area contributed by atoms with Crippen molar-refractivity contribution >= 4 is 0 Å². The smallest absolute Gasteiger partial charge is 0.255 e. The van der Waals surface area contributed by atoms with Crippen LogP contribution < -0.4 is 5.56 Å². The standard InChI is InChI=1S/C12H10FNO/c1-9-5-6-11(10(13)8-9)14-7-3-2-4-12(14)15/h2-8H,1H3. The van der Waals surface area contributed by atoms with Crippen LogP contribution in [0.1, 0.15) is 5.56 Å². The maximum absolute atomic E-state index is 13.6. The van der Waals surface area contributed by atoms with Crippen LogP contribution in [0.15, 0.2) is 47.4 Å². The van der Waals surface area contributed by atoms with Gasteiger partial charge in [0.2, 0.25) is 0 Å². The lowest BCUT2D eigenvalue weighted by atomic mass is 10.2. The first-order valence-electron chi connectivity index (χ1n) is 4.63. The first kappa shape index (κ1) is 9.65. The maximum Gasteiger partial charge on any atom is 0.255 e. The highest BCUT2D eigenvalue weighted by Gasteiger charge is 2.04. The molecule has 15 heavy (non-hydrogen) atoms. The minimum absolute atomic E-state index is 0.236. The van der Waals surface area contributed by atoms with E-state index in [0.29, 0.717) is 0 Å². The Morgan fingerprint density at radius 2 is 2.00 bits per heavy atom. The number of pyridine rings is 1. The zero-order valence-electron chi connectivity index (χ0n) is 8.27. The Morgan fingerprint density at radius 1 is 1.20 bits per heavy atom. The summed E-state index contributed by atoms with van der Waals surface area (Å²) in [4.78, 5) is 11.5. The molecule has 0 unspecified atom stereocenters. The molecule has 1 heterocycles. The van der Waals surface area contributed by atoms with Gasteiger partial charge in [0, 0.05) is 12.3 Å². The van der Waals surface area contributed by atoms with Crippen molar-refractivity contribution in [1.29, 1.82) is 0 Å². The molecule has 0 spiro atoms. The van der Waals surface area contributed by atoms with Gasteiger partial charge in [-0.05, 0) is 30.7 Å². The van der Waals surface area contributed by atoms with E-state index in [1.54, 1.807) is 37.4 Å². The van der Waals surface area contributed by atoms with Gasteiger partial charge in [-0.3, -0.25) is 9.36 Å². The van der Waals surface area contributed by atoms with Crippen LogP contribution in [0.2, 0.25) is 0 Å². The highest BCUT2D eigenvalue weighted by atomic mass is 19.1. The molecule has 0 saturated carbocycles. The molecule has 0 fully saturated rings. The zero-order chi connectivity index (χ0) is 10.8. The summed E-state index contributed by atoms with van der Waals surface area (Å²) in [5.74, 6) is -0.386. The summed E-state index contributed by atoms with van der Waals surface area (Å²) < 4.78 is 14.8. The van der Waals surface area contributed by atoms with E-state index >= 15 is 0 Å². The molecule has 1 aromatic carbocycles. The molecule has 0 amide bonds. The third-order valence-electron chi connectivity index (χ3n) is 2.19. The monoisotopic (exact) mass is 203 g/mol. The third-order valence-corrected chi connectivity index (χ3v) is 2.19. The molecular weight excluding hydrogens is 193 g/mol. The van der Waals surface area contributed by atoms with E-state index in [2.05, 4.69) is 0 Å². The van der Waals surface area contributed by atoms with Gasteiger partial charge < -0.3 is 0 Å². The fourth-order valence-corrected chi connectivity index (χ4v) is 1.43. The predicted octanol–water partition coefficient (Wildman–Crippen LogP) is 2.29. The van der Waals surface area contributed by atoms with Crippen LogP contribution in [-0.4, -0.2) is 4.57 Å². The molecule has 0 N–H and O–H groups in total. The molecular formula is C12H10FNO. The van der Waals surface area contributed by atoms with Crippen molar-refractivity contribution in [2.24, 2.45) is 0 Å². The lowest BCUT2D eigenvalue weighted by molar-refractivity contribution is 0.615. The second-order valence-corrected chi connectivity index (χ2v) is 3.36. The quantitative estimate of drug-likeness (QED) is 0.697. The van der Waals surface area contributed by atoms with E-state index in [1.165, 1.54) is 16.7 Å². The van der Waals surface area contributed by atoms with Gasteiger partial charge in [-0.2, -0.15) is 0 Å². The van der Waals surface area contributed by atoms with Gasteiger partial charge in [0.05, 0.1) is 5.69 Å². The minimum Gasteiger partial charge on any atom is -0.281 e. The number of rotatable bonds is 1. The lowest BCUT2D eigenvalue weighted by Gasteiger charge is -2.06. The van der Waals surface area contributed by atoms with Gasteiger partial charge >= 0.3 is 0 Å². The average molecular weight is 203 g/mol. The number of nitrogens with zero attached hydrogens (tertiary/aromatic N) is 1. The van der Waals surface area contributed by atoms with Crippen molar-refractivity contribution in [1.82, 2.24) is 4.57 Å². The molecule has 2 aromatic rings. The van der Waals surface area contributed by atoms with Crippen molar-refractivity contribution in [3.8, 4) is 5.69 Å². The maximum atomic E-state index is 13.6. The Hall–Kier alpha value is -1.90. The third kappa shape index (κ3) is 1.81. The molecule has 0 saturated heterocycles. The second-order valence-electron chi connectivity index (χ2n) is 3.36. The molecule has 76 valence electrons. The van der Waals surface area contributed by atoms with Crippen LogP contribution in [0, 0.1) is 12.7 Å². The number of benzene rings is 1. The van der Waals surface area contributed by atoms with Gasteiger partial charge in [-0.15, -0.1) is 0 Å². The molecule has 2 rings (SSSR count). The molecule has 0 aliphatic rings. The van der Waals surface area contributed by atoms with Gasteiger partial charge in [-0.1, -0.05) is 12.1 Å². The zero-order valence-corrected chi connectivity index (χ0v) is 8.27. The highest BCUT2D eigenvalue weighted by Crippen LogP contribution is 2.12. The summed E-state index contributed by atoms with van der Waals surface area (Å²) in [6, 6.07) is 9.52. The molecule has 0 aliphatic carbocycles. The molecule has 0 atom stereocenters. The van der Waals surface area contributed by atoms with Crippen LogP contribution in [0.4, 0.5) is 4.39 Å². The van der Waals surface area contributed by atoms with Crippen LogP contribution in [0.3, 0.4) is 0 Å². The minimum atomic E-state index is -0.386. The summed E-state index contributed by atoms with van der Waals surface area (Å²) in [5, 5.41) is 0. The Morgan fingerprint density at radius 3 is 2.67 bits per heavy atom. The molecule has 0 bridgehead atoms. The van der Waals surface area contributed by atoms with Crippen LogP contribution in [-0.2, 0) is 0 Å². The topological polar surface area (TPSA) is 22.0 Å². The molecule has 0 radical (unpaired) electrons. The van der Waals surface area contributed by atoms with Gasteiger partial charge in [0.15, 0.2) is 0 Å². The van der Waals surface area contributed by atoms with Gasteiger partial charge in [0.25, 0.3) is 5.56 Å². The summed E-state index contributed by atoms with van der Waals surface area (Å²) in [5.41, 5.74) is 0.881. The molecule has 1 aromatic heterocycles. The number of halogens is 1. The Labute approximate surface area is 86.6 Å². The summed E-state index contributed by atoms with van der Waals surface area (Å²) >= 11 is 0. The predicted molar refractivity (Wildman–Crippen MR) is 56.7 cm³/mol. The lowest BCUT2D eigenvalue weighted by Crippen LogP contribution is -2.16. The summed E-state index contributed by atoms with van der Waals surface area (Å²) in [6.07, 6.45) is 1.55. The first-order chi connectivity index (χ1) is 7.18. The van der Waals surface area contributed by atoms with Crippen molar-refractivity contribution in [2.75, 3.05) is 0 Å². The van der Waals surface area contributed by atoms with Crippen molar-refractivity contribution in [3.63, 3.8) is 0 Å². The fraction of sp³-hybridized carbons (Fsp3) is 0.0833. The Balaban J connectivity index is 2.65. The van der Waals surface area contributed by atoms with E-state index in [4.69, 9.17) is 0 Å². The van der Waals surface area contributed by atoms with E-state index in [-0.39, 0.29) is 17.1 Å². The summed E-state index contributed by atoms with van der Waals surface area (Å²) in [6.45, 7) is 1.81. The van der Waals surface area contributed by atoms with Crippen molar-refractivity contribution < 1.29 is 4.39 Å². The number of hydrogen-bond donors (Lipinski definition) is 0. The Bertz CT molecular complexity index is 545. The SMILES string of the molecule is Cc1ccc(-n2ccccc2=O)c(F)c1. The van der Waals surface area contributed by atoms with E-state index < -0.39 is 0 Å². The van der Waals surface area contributed by atoms with E-state index in [0.717, 1.165) is 5.56 Å². The normalized spacial score (nSPS) is 10.3. The number of aromatic nitrogens is 1. The largest absolute Gasteiger partial charge is 0.281 e. The van der Waals surface area contributed by atoms with Crippen molar-refractivity contribution in [2.45, 2.75) is 6.92 Å². The highest BCUT2D eigenvalue weighted by molar-refractivity contribution is 5.36. The molecule has 2 nitrogen and oxygen atoms in total. The van der Waals surface area contributed by atoms with Crippen LogP contribution in [0.5, 0.6) is 0 Å². The van der Waals surface area contributed by atoms with E-state index in [9.17, 15) is 9.18 Å². The molecule has 3 heteroatoms. The first-order valence-corrected chi connectivity index (χ1v) is 4.63. The molecule has 0 aliphatic heterocycles. The second kappa shape index (κ2) is 3.69. The summed E-state index contributed by atoms with van der Waals surface area (Å²) in [7, 11) is 0. The van der Waals surface area contributed by atoms with Crippen LogP contribution >= 0.6 is 0 Å². The Kier molecular flexibility index (Phi) is 2.37. The number of aryl methyl sites for hydroxylation is 1. The van der Waals surface area contributed by atoms with Gasteiger partial charge in [0.1, 0.15) is 5.82 Å².